The Hall–Kier alpha value is -2.09. The SMILES string of the molecule is CCOC1CC2(C1)C[C@H]2C(=O)Nc1cc2cc(C3CCN([C@@]4(C)COC[C@H]4F)CC3)c(C)cc2cn1. The van der Waals surface area contributed by atoms with Gasteiger partial charge in [0.2, 0.25) is 5.91 Å². The lowest BCUT2D eigenvalue weighted by Gasteiger charge is -2.43. The van der Waals surface area contributed by atoms with E-state index >= 15 is 0 Å². The van der Waals surface area contributed by atoms with Crippen LogP contribution in [0.2, 0.25) is 0 Å². The lowest BCUT2D eigenvalue weighted by atomic mass is 9.77. The van der Waals surface area contributed by atoms with Crippen molar-refractivity contribution >= 4 is 22.5 Å². The van der Waals surface area contributed by atoms with Gasteiger partial charge in [0.1, 0.15) is 12.0 Å². The van der Waals surface area contributed by atoms with E-state index in [4.69, 9.17) is 9.47 Å². The van der Waals surface area contributed by atoms with Crippen LogP contribution >= 0.6 is 0 Å². The Morgan fingerprint density at radius 1 is 1.22 bits per heavy atom. The number of hydrogen-bond donors (Lipinski definition) is 1. The van der Waals surface area contributed by atoms with Crippen molar-refractivity contribution in [1.82, 2.24) is 9.88 Å². The third-order valence-electron chi connectivity index (χ3n) is 9.53. The predicted octanol–water partition coefficient (Wildman–Crippen LogP) is 4.99. The molecule has 194 valence electrons. The van der Waals surface area contributed by atoms with Crippen LogP contribution in [0.3, 0.4) is 0 Å². The number of anilines is 1. The summed E-state index contributed by atoms with van der Waals surface area (Å²) in [4.78, 5) is 19.7. The van der Waals surface area contributed by atoms with Crippen LogP contribution in [0.25, 0.3) is 10.8 Å². The number of fused-ring (bicyclic) bond motifs is 1. The fourth-order valence-electron chi connectivity index (χ4n) is 7.05. The molecule has 1 N–H and O–H groups in total. The molecule has 2 saturated heterocycles. The standard InChI is InChI=1S/C29H38FN3O3/c1-4-36-22-12-29(13-22)14-24(29)27(34)32-26-11-20-10-23(18(2)9-21(20)15-31-26)19-5-7-33(8-6-19)28(3)17-35-16-25(28)30/h9-11,15,19,22,24-25H,4-8,12-14,16-17H2,1-3H3,(H,31,32,34)/t22?,24-,25+,28-,29?/m0/s1. The molecule has 4 aliphatic rings. The number of hydrogen-bond acceptors (Lipinski definition) is 5. The second-order valence-electron chi connectivity index (χ2n) is 11.8. The molecule has 3 atom stereocenters. The maximum atomic E-state index is 14.5. The minimum Gasteiger partial charge on any atom is -0.378 e. The molecule has 0 radical (unpaired) electrons. The molecule has 0 unspecified atom stereocenters. The van der Waals surface area contributed by atoms with Crippen LogP contribution in [0.15, 0.2) is 24.4 Å². The number of aromatic nitrogens is 1. The van der Waals surface area contributed by atoms with Gasteiger partial charge in [-0.1, -0.05) is 6.07 Å². The van der Waals surface area contributed by atoms with E-state index in [0.29, 0.717) is 24.4 Å². The number of carbonyl (C=O) groups is 1. The minimum absolute atomic E-state index is 0.0847. The quantitative estimate of drug-likeness (QED) is 0.612. The van der Waals surface area contributed by atoms with E-state index in [1.165, 1.54) is 11.1 Å². The first-order chi connectivity index (χ1) is 17.3. The Morgan fingerprint density at radius 3 is 2.69 bits per heavy atom. The molecular weight excluding hydrogens is 457 g/mol. The van der Waals surface area contributed by atoms with Crippen molar-refractivity contribution in [2.45, 2.75) is 76.6 Å². The molecule has 1 amide bonds. The normalized spacial score (nSPS) is 34.7. The summed E-state index contributed by atoms with van der Waals surface area (Å²) >= 11 is 0. The number of benzene rings is 1. The van der Waals surface area contributed by atoms with Crippen molar-refractivity contribution in [3.8, 4) is 0 Å². The molecule has 6 rings (SSSR count). The van der Waals surface area contributed by atoms with E-state index in [-0.39, 0.29) is 23.8 Å². The van der Waals surface area contributed by atoms with Crippen molar-refractivity contribution in [1.29, 1.82) is 0 Å². The third-order valence-corrected chi connectivity index (χ3v) is 9.53. The molecule has 4 fully saturated rings. The molecule has 6 nitrogen and oxygen atoms in total. The van der Waals surface area contributed by atoms with Crippen LogP contribution in [0.4, 0.5) is 10.2 Å². The number of pyridine rings is 1. The van der Waals surface area contributed by atoms with Crippen LogP contribution < -0.4 is 5.32 Å². The zero-order chi connectivity index (χ0) is 25.1. The molecule has 1 spiro atoms. The van der Waals surface area contributed by atoms with Crippen molar-refractivity contribution in [3.05, 3.63) is 35.5 Å². The first-order valence-corrected chi connectivity index (χ1v) is 13.6. The first-order valence-electron chi connectivity index (χ1n) is 13.6. The number of nitrogens with one attached hydrogen (secondary N) is 1. The van der Waals surface area contributed by atoms with E-state index in [0.717, 1.165) is 62.6 Å². The molecule has 2 saturated carbocycles. The van der Waals surface area contributed by atoms with Gasteiger partial charge in [-0.25, -0.2) is 9.37 Å². The van der Waals surface area contributed by atoms with Gasteiger partial charge in [0, 0.05) is 24.1 Å². The smallest absolute Gasteiger partial charge is 0.229 e. The highest BCUT2D eigenvalue weighted by Crippen LogP contribution is 2.66. The van der Waals surface area contributed by atoms with Gasteiger partial charge in [0.25, 0.3) is 0 Å². The Labute approximate surface area is 212 Å². The maximum Gasteiger partial charge on any atom is 0.229 e. The van der Waals surface area contributed by atoms with Crippen molar-refractivity contribution in [2.24, 2.45) is 11.3 Å². The fourth-order valence-corrected chi connectivity index (χ4v) is 7.05. The van der Waals surface area contributed by atoms with Gasteiger partial charge in [0.15, 0.2) is 0 Å². The van der Waals surface area contributed by atoms with Gasteiger partial charge in [-0.3, -0.25) is 9.69 Å². The summed E-state index contributed by atoms with van der Waals surface area (Å²) in [7, 11) is 0. The Morgan fingerprint density at radius 2 is 2.00 bits per heavy atom. The van der Waals surface area contributed by atoms with Gasteiger partial charge in [-0.05, 0) is 106 Å². The highest BCUT2D eigenvalue weighted by atomic mass is 19.1. The van der Waals surface area contributed by atoms with Crippen LogP contribution in [-0.4, -0.2) is 66.5 Å². The first kappa shape index (κ1) is 24.3. The van der Waals surface area contributed by atoms with Gasteiger partial charge in [-0.2, -0.15) is 0 Å². The largest absolute Gasteiger partial charge is 0.378 e. The number of piperidine rings is 1. The molecular formula is C29H38FN3O3. The monoisotopic (exact) mass is 495 g/mol. The van der Waals surface area contributed by atoms with Crippen LogP contribution in [-0.2, 0) is 14.3 Å². The van der Waals surface area contributed by atoms with Crippen molar-refractivity contribution < 1.29 is 18.7 Å². The Kier molecular flexibility index (Phi) is 6.09. The summed E-state index contributed by atoms with van der Waals surface area (Å²) in [6.45, 7) is 9.39. The van der Waals surface area contributed by atoms with E-state index < -0.39 is 11.7 Å². The molecule has 7 heteroatoms. The molecule has 36 heavy (non-hydrogen) atoms. The number of likely N-dealkylation sites (tertiary alicyclic amines) is 1. The number of aryl methyl sites for hydroxylation is 1. The fraction of sp³-hybridized carbons (Fsp3) is 0.655. The van der Waals surface area contributed by atoms with Crippen LogP contribution in [0, 0.1) is 18.3 Å². The van der Waals surface area contributed by atoms with E-state index in [9.17, 15) is 9.18 Å². The van der Waals surface area contributed by atoms with E-state index in [1.807, 2.05) is 26.1 Å². The van der Waals surface area contributed by atoms with E-state index in [1.54, 1.807) is 0 Å². The highest BCUT2D eigenvalue weighted by molar-refractivity contribution is 5.96. The second kappa shape index (κ2) is 9.03. The molecule has 1 aromatic heterocycles. The number of halogens is 1. The van der Waals surface area contributed by atoms with Gasteiger partial charge in [0.05, 0.1) is 24.9 Å². The zero-order valence-corrected chi connectivity index (χ0v) is 21.7. The Balaban J connectivity index is 1.12. The topological polar surface area (TPSA) is 63.7 Å². The molecule has 2 aliphatic heterocycles. The summed E-state index contributed by atoms with van der Waals surface area (Å²) in [5.41, 5.74) is 2.30. The Bertz CT molecular complexity index is 1160. The van der Waals surface area contributed by atoms with Gasteiger partial charge >= 0.3 is 0 Å². The lowest BCUT2D eigenvalue weighted by molar-refractivity contribution is -0.120. The number of alkyl halides is 1. The number of carbonyl (C=O) groups excluding carboxylic acids is 1. The average Bonchev–Trinajstić information content (AvgIpc) is 3.50. The average molecular weight is 496 g/mol. The van der Waals surface area contributed by atoms with Crippen LogP contribution in [0.5, 0.6) is 0 Å². The van der Waals surface area contributed by atoms with E-state index in [2.05, 4.69) is 34.3 Å². The number of amides is 1. The molecule has 1 aromatic carbocycles. The summed E-state index contributed by atoms with van der Waals surface area (Å²) in [6.07, 6.45) is 6.27. The summed E-state index contributed by atoms with van der Waals surface area (Å²) < 4.78 is 25.6. The number of nitrogens with zero attached hydrogens (tertiary/aromatic N) is 2. The zero-order valence-electron chi connectivity index (χ0n) is 21.7. The number of rotatable bonds is 6. The van der Waals surface area contributed by atoms with Crippen LogP contribution in [0.1, 0.15) is 63.0 Å². The highest BCUT2D eigenvalue weighted by Gasteiger charge is 2.64. The maximum absolute atomic E-state index is 14.5. The molecule has 0 bridgehead atoms. The van der Waals surface area contributed by atoms with Crippen molar-refractivity contribution in [2.75, 3.05) is 38.2 Å². The molecule has 2 aliphatic carbocycles. The molecule has 2 aromatic rings. The molecule has 3 heterocycles. The second-order valence-corrected chi connectivity index (χ2v) is 11.8. The van der Waals surface area contributed by atoms with Crippen molar-refractivity contribution in [3.63, 3.8) is 0 Å². The van der Waals surface area contributed by atoms with Gasteiger partial charge < -0.3 is 14.8 Å². The lowest BCUT2D eigenvalue weighted by Crippen LogP contribution is -2.55. The number of ether oxygens (including phenoxy) is 2. The summed E-state index contributed by atoms with van der Waals surface area (Å²) in [5.74, 6) is 1.25. The third kappa shape index (κ3) is 4.13. The summed E-state index contributed by atoms with van der Waals surface area (Å²) in [6, 6.07) is 6.49. The predicted molar refractivity (Wildman–Crippen MR) is 138 cm³/mol. The minimum atomic E-state index is -0.918. The van der Waals surface area contributed by atoms with Gasteiger partial charge in [-0.15, -0.1) is 0 Å². The summed E-state index contributed by atoms with van der Waals surface area (Å²) in [5, 5.41) is 5.27.